The zero-order valence-electron chi connectivity index (χ0n) is 7.72. The Kier molecular flexibility index (Phi) is 2.88. The summed E-state index contributed by atoms with van der Waals surface area (Å²) in [5, 5.41) is -0.0415. The molecule has 2 nitrogen and oxygen atoms in total. The van der Waals surface area contributed by atoms with Crippen LogP contribution in [0.3, 0.4) is 0 Å². The zero-order chi connectivity index (χ0) is 10.1. The molecule has 2 rings (SSSR count). The summed E-state index contributed by atoms with van der Waals surface area (Å²) in [5.41, 5.74) is 1.02. The fourth-order valence-corrected chi connectivity index (χ4v) is 2.36. The molecule has 0 bridgehead atoms. The second-order valence-electron chi connectivity index (χ2n) is 3.13. The third-order valence-electron chi connectivity index (χ3n) is 2.09. The molecule has 1 aliphatic rings. The van der Waals surface area contributed by atoms with E-state index in [0.29, 0.717) is 13.2 Å². The second kappa shape index (κ2) is 3.99. The van der Waals surface area contributed by atoms with Gasteiger partial charge in [0.05, 0.1) is 5.38 Å². The van der Waals surface area contributed by atoms with Crippen molar-refractivity contribution < 1.29 is 9.47 Å². The van der Waals surface area contributed by atoms with E-state index < -0.39 is 0 Å². The minimum Gasteiger partial charge on any atom is -0.486 e. The lowest BCUT2D eigenvalue weighted by molar-refractivity contribution is 0.171. The molecular formula is C10H10BrClO2. The minimum atomic E-state index is -0.0415. The van der Waals surface area contributed by atoms with Crippen LogP contribution in [0.15, 0.2) is 16.6 Å². The molecule has 1 atom stereocenters. The average Bonchev–Trinajstić information content (AvgIpc) is 2.16. The van der Waals surface area contributed by atoms with Crippen LogP contribution in [0.2, 0.25) is 0 Å². The van der Waals surface area contributed by atoms with Crippen molar-refractivity contribution in [1.29, 1.82) is 0 Å². The first-order valence-corrected chi connectivity index (χ1v) is 5.64. The first-order valence-electron chi connectivity index (χ1n) is 4.41. The van der Waals surface area contributed by atoms with E-state index in [2.05, 4.69) is 15.9 Å². The molecule has 1 aromatic rings. The third kappa shape index (κ3) is 1.84. The number of benzene rings is 1. The summed E-state index contributed by atoms with van der Waals surface area (Å²) in [5.74, 6) is 1.56. The predicted molar refractivity (Wildman–Crippen MR) is 59.4 cm³/mol. The Balaban J connectivity index is 2.45. The summed E-state index contributed by atoms with van der Waals surface area (Å²) in [6.07, 6.45) is 0. The van der Waals surface area contributed by atoms with Crippen LogP contribution in [0.1, 0.15) is 17.9 Å². The molecule has 0 saturated heterocycles. The molecule has 0 aliphatic carbocycles. The predicted octanol–water partition coefficient (Wildman–Crippen LogP) is 3.52. The molecule has 0 radical (unpaired) electrons. The Bertz CT molecular complexity index is 352. The molecule has 0 aromatic heterocycles. The van der Waals surface area contributed by atoms with Gasteiger partial charge in [0.1, 0.15) is 13.2 Å². The van der Waals surface area contributed by atoms with Crippen molar-refractivity contribution in [2.24, 2.45) is 0 Å². The maximum Gasteiger partial charge on any atom is 0.162 e. The van der Waals surface area contributed by atoms with Crippen LogP contribution in [0.5, 0.6) is 11.5 Å². The van der Waals surface area contributed by atoms with E-state index in [0.717, 1.165) is 21.5 Å². The highest BCUT2D eigenvalue weighted by atomic mass is 79.9. The van der Waals surface area contributed by atoms with Crippen LogP contribution < -0.4 is 9.47 Å². The van der Waals surface area contributed by atoms with Gasteiger partial charge in [-0.2, -0.15) is 0 Å². The molecule has 0 amide bonds. The summed E-state index contributed by atoms with van der Waals surface area (Å²) < 4.78 is 11.9. The van der Waals surface area contributed by atoms with Gasteiger partial charge in [0.15, 0.2) is 11.5 Å². The molecule has 0 fully saturated rings. The number of hydrogen-bond donors (Lipinski definition) is 0. The molecular weight excluding hydrogens is 267 g/mol. The van der Waals surface area contributed by atoms with Crippen molar-refractivity contribution in [3.8, 4) is 11.5 Å². The van der Waals surface area contributed by atoms with Gasteiger partial charge >= 0.3 is 0 Å². The lowest BCUT2D eigenvalue weighted by Crippen LogP contribution is -2.15. The van der Waals surface area contributed by atoms with E-state index in [9.17, 15) is 0 Å². The van der Waals surface area contributed by atoms with Crippen molar-refractivity contribution in [3.63, 3.8) is 0 Å². The van der Waals surface area contributed by atoms with Gasteiger partial charge in [-0.1, -0.05) is 15.9 Å². The Hall–Kier alpha value is -0.410. The smallest absolute Gasteiger partial charge is 0.162 e. The topological polar surface area (TPSA) is 18.5 Å². The average molecular weight is 278 g/mol. The number of rotatable bonds is 1. The first kappa shape index (κ1) is 10.1. The highest BCUT2D eigenvalue weighted by Crippen LogP contribution is 2.39. The summed E-state index contributed by atoms with van der Waals surface area (Å²) >= 11 is 9.48. The van der Waals surface area contributed by atoms with Crippen LogP contribution in [0.25, 0.3) is 0 Å². The Morgan fingerprint density at radius 1 is 1.29 bits per heavy atom. The van der Waals surface area contributed by atoms with Gasteiger partial charge in [0.25, 0.3) is 0 Å². The molecule has 0 saturated carbocycles. The first-order chi connectivity index (χ1) is 6.68. The summed E-state index contributed by atoms with van der Waals surface area (Å²) in [7, 11) is 0. The fraction of sp³-hybridized carbons (Fsp3) is 0.400. The van der Waals surface area contributed by atoms with Gasteiger partial charge in [0, 0.05) is 4.47 Å². The second-order valence-corrected chi connectivity index (χ2v) is 4.64. The molecule has 0 spiro atoms. The van der Waals surface area contributed by atoms with E-state index in [1.807, 2.05) is 19.1 Å². The van der Waals surface area contributed by atoms with Gasteiger partial charge < -0.3 is 9.47 Å². The van der Waals surface area contributed by atoms with Crippen LogP contribution in [-0.4, -0.2) is 13.2 Å². The molecule has 1 unspecified atom stereocenters. The van der Waals surface area contributed by atoms with Crippen molar-refractivity contribution >= 4 is 27.5 Å². The van der Waals surface area contributed by atoms with Crippen molar-refractivity contribution in [2.45, 2.75) is 12.3 Å². The van der Waals surface area contributed by atoms with Gasteiger partial charge in [0.2, 0.25) is 0 Å². The van der Waals surface area contributed by atoms with Gasteiger partial charge in [-0.15, -0.1) is 11.6 Å². The van der Waals surface area contributed by atoms with Gasteiger partial charge in [-0.05, 0) is 24.6 Å². The number of hydrogen-bond acceptors (Lipinski definition) is 2. The van der Waals surface area contributed by atoms with Crippen LogP contribution in [-0.2, 0) is 0 Å². The zero-order valence-corrected chi connectivity index (χ0v) is 10.1. The van der Waals surface area contributed by atoms with Crippen molar-refractivity contribution in [1.82, 2.24) is 0 Å². The van der Waals surface area contributed by atoms with Crippen molar-refractivity contribution in [3.05, 3.63) is 22.2 Å². The maximum atomic E-state index is 6.02. The van der Waals surface area contributed by atoms with E-state index in [4.69, 9.17) is 21.1 Å². The monoisotopic (exact) mass is 276 g/mol. The van der Waals surface area contributed by atoms with Crippen LogP contribution >= 0.6 is 27.5 Å². The van der Waals surface area contributed by atoms with Crippen molar-refractivity contribution in [2.75, 3.05) is 13.2 Å². The van der Waals surface area contributed by atoms with E-state index >= 15 is 0 Å². The maximum absolute atomic E-state index is 6.02. The standard InChI is InChI=1S/C10H10BrClO2/c1-6(12)7-4-9-10(5-8(7)11)14-3-2-13-9/h4-6H,2-3H2,1H3. The fourth-order valence-electron chi connectivity index (χ4n) is 1.38. The number of alkyl halides is 1. The molecule has 4 heteroatoms. The Morgan fingerprint density at radius 2 is 1.86 bits per heavy atom. The van der Waals surface area contributed by atoms with E-state index in [1.165, 1.54) is 0 Å². The van der Waals surface area contributed by atoms with E-state index in [-0.39, 0.29) is 5.38 Å². The summed E-state index contributed by atoms with van der Waals surface area (Å²) in [6.45, 7) is 3.14. The Labute approximate surface area is 96.3 Å². The molecule has 1 heterocycles. The molecule has 14 heavy (non-hydrogen) atoms. The molecule has 76 valence electrons. The van der Waals surface area contributed by atoms with Gasteiger partial charge in [-0.3, -0.25) is 0 Å². The highest BCUT2D eigenvalue weighted by Gasteiger charge is 2.16. The van der Waals surface area contributed by atoms with E-state index in [1.54, 1.807) is 0 Å². The molecule has 0 N–H and O–H groups in total. The van der Waals surface area contributed by atoms with Gasteiger partial charge in [-0.25, -0.2) is 0 Å². The number of ether oxygens (including phenoxy) is 2. The largest absolute Gasteiger partial charge is 0.486 e. The Morgan fingerprint density at radius 3 is 2.43 bits per heavy atom. The third-order valence-corrected chi connectivity index (χ3v) is 3.01. The number of fused-ring (bicyclic) bond motifs is 1. The molecule has 1 aliphatic heterocycles. The lowest BCUT2D eigenvalue weighted by Gasteiger charge is -2.20. The highest BCUT2D eigenvalue weighted by molar-refractivity contribution is 9.10. The van der Waals surface area contributed by atoms with Crippen LogP contribution in [0.4, 0.5) is 0 Å². The SMILES string of the molecule is CC(Cl)c1cc2c(cc1Br)OCCO2. The minimum absolute atomic E-state index is 0.0415. The van der Waals surface area contributed by atoms with Crippen LogP contribution in [0, 0.1) is 0 Å². The quantitative estimate of drug-likeness (QED) is 0.731. The summed E-state index contributed by atoms with van der Waals surface area (Å²) in [6, 6.07) is 3.83. The lowest BCUT2D eigenvalue weighted by atomic mass is 10.1. The molecule has 1 aromatic carbocycles. The number of halogens is 2. The summed E-state index contributed by atoms with van der Waals surface area (Å²) in [4.78, 5) is 0. The normalized spacial score (nSPS) is 16.5.